The van der Waals surface area contributed by atoms with Crippen LogP contribution < -0.4 is 5.32 Å². The summed E-state index contributed by atoms with van der Waals surface area (Å²) in [6, 6.07) is 4.19. The zero-order valence-corrected chi connectivity index (χ0v) is 13.9. The van der Waals surface area contributed by atoms with Crippen molar-refractivity contribution in [2.24, 2.45) is 0 Å². The van der Waals surface area contributed by atoms with Gasteiger partial charge >= 0.3 is 0 Å². The molecular formula is C15H27ClN2O2. The molecule has 1 amide bonds. The van der Waals surface area contributed by atoms with Crippen LogP contribution in [0, 0.1) is 20.8 Å². The first-order valence-electron chi connectivity index (χ1n) is 6.58. The van der Waals surface area contributed by atoms with Crippen LogP contribution in [0.25, 0.3) is 0 Å². The van der Waals surface area contributed by atoms with Crippen LogP contribution in [0.1, 0.15) is 30.5 Å². The van der Waals surface area contributed by atoms with Crippen molar-refractivity contribution in [2.45, 2.75) is 34.6 Å². The number of anilines is 1. The van der Waals surface area contributed by atoms with E-state index in [1.54, 1.807) is 0 Å². The van der Waals surface area contributed by atoms with Crippen molar-refractivity contribution in [1.82, 2.24) is 4.90 Å². The van der Waals surface area contributed by atoms with Crippen LogP contribution in [0.3, 0.4) is 0 Å². The molecule has 3 N–H and O–H groups in total. The number of likely N-dealkylation sites (N-methyl/N-ethyl adjacent to an activating group) is 1. The fraction of sp³-hybridized carbons (Fsp3) is 0.533. The van der Waals surface area contributed by atoms with Gasteiger partial charge in [0.1, 0.15) is 0 Å². The van der Waals surface area contributed by atoms with Gasteiger partial charge < -0.3 is 10.8 Å². The molecular weight excluding hydrogens is 276 g/mol. The zero-order chi connectivity index (χ0) is 13.7. The van der Waals surface area contributed by atoms with Gasteiger partial charge in [-0.05, 0) is 45.0 Å². The van der Waals surface area contributed by atoms with E-state index in [1.807, 2.05) is 13.8 Å². The normalized spacial score (nSPS) is 9.70. The molecule has 0 unspecified atom stereocenters. The van der Waals surface area contributed by atoms with Gasteiger partial charge in [0.15, 0.2) is 0 Å². The molecule has 20 heavy (non-hydrogen) atoms. The van der Waals surface area contributed by atoms with Crippen LogP contribution in [0.5, 0.6) is 0 Å². The van der Waals surface area contributed by atoms with E-state index in [0.717, 1.165) is 29.9 Å². The number of aryl methyl sites for hydroxylation is 3. The molecule has 0 atom stereocenters. The van der Waals surface area contributed by atoms with E-state index >= 15 is 0 Å². The van der Waals surface area contributed by atoms with Crippen molar-refractivity contribution in [3.63, 3.8) is 0 Å². The summed E-state index contributed by atoms with van der Waals surface area (Å²) in [6.07, 6.45) is 0. The van der Waals surface area contributed by atoms with Gasteiger partial charge in [0.2, 0.25) is 5.91 Å². The summed E-state index contributed by atoms with van der Waals surface area (Å²) in [7, 11) is 0. The van der Waals surface area contributed by atoms with E-state index in [2.05, 4.69) is 43.1 Å². The Labute approximate surface area is 128 Å². The first-order valence-corrected chi connectivity index (χ1v) is 6.58. The van der Waals surface area contributed by atoms with Crippen molar-refractivity contribution in [2.75, 3.05) is 25.0 Å². The molecule has 0 spiro atoms. The van der Waals surface area contributed by atoms with Crippen LogP contribution >= 0.6 is 12.4 Å². The monoisotopic (exact) mass is 302 g/mol. The summed E-state index contributed by atoms with van der Waals surface area (Å²) in [6.45, 7) is 12.5. The summed E-state index contributed by atoms with van der Waals surface area (Å²) in [5.74, 6) is 0.0637. The van der Waals surface area contributed by atoms with Crippen molar-refractivity contribution in [3.05, 3.63) is 28.8 Å². The molecule has 0 saturated carbocycles. The number of hydrogen-bond acceptors (Lipinski definition) is 2. The van der Waals surface area contributed by atoms with E-state index in [1.165, 1.54) is 5.56 Å². The lowest BCUT2D eigenvalue weighted by atomic mass is 10.1. The summed E-state index contributed by atoms with van der Waals surface area (Å²) < 4.78 is 0. The van der Waals surface area contributed by atoms with Gasteiger partial charge in [-0.3, -0.25) is 9.69 Å². The highest BCUT2D eigenvalue weighted by Gasteiger charge is 2.10. The standard InChI is InChI=1S/C15H24N2O.ClH.H2O/c1-6-17(7-2)10-14(18)16-15-12(4)8-11(3)9-13(15)5;;/h8-9H,6-7,10H2,1-5H3,(H,16,18);1H;1H2. The van der Waals surface area contributed by atoms with Crippen LogP contribution in [-0.4, -0.2) is 35.9 Å². The highest BCUT2D eigenvalue weighted by molar-refractivity contribution is 5.93. The number of benzene rings is 1. The Kier molecular flexibility index (Phi) is 10.3. The zero-order valence-electron chi connectivity index (χ0n) is 13.0. The molecule has 0 heterocycles. The Morgan fingerprint density at radius 2 is 1.55 bits per heavy atom. The maximum Gasteiger partial charge on any atom is 0.238 e. The Hall–Kier alpha value is -1.10. The third kappa shape index (κ3) is 5.90. The highest BCUT2D eigenvalue weighted by atomic mass is 35.5. The second-order valence-electron chi connectivity index (χ2n) is 4.78. The van der Waals surface area contributed by atoms with E-state index in [4.69, 9.17) is 0 Å². The summed E-state index contributed by atoms with van der Waals surface area (Å²) >= 11 is 0. The minimum absolute atomic E-state index is 0. The summed E-state index contributed by atoms with van der Waals surface area (Å²) in [5, 5.41) is 3.02. The maximum absolute atomic E-state index is 12.0. The van der Waals surface area contributed by atoms with Crippen molar-refractivity contribution in [3.8, 4) is 0 Å². The van der Waals surface area contributed by atoms with Gasteiger partial charge in [-0.15, -0.1) is 12.4 Å². The number of carbonyl (C=O) groups is 1. The Morgan fingerprint density at radius 3 is 1.95 bits per heavy atom. The third-order valence-corrected chi connectivity index (χ3v) is 3.20. The molecule has 0 saturated heterocycles. The fourth-order valence-corrected chi connectivity index (χ4v) is 2.21. The topological polar surface area (TPSA) is 63.8 Å². The molecule has 5 heteroatoms. The third-order valence-electron chi connectivity index (χ3n) is 3.20. The summed E-state index contributed by atoms with van der Waals surface area (Å²) in [5.41, 5.74) is 4.44. The number of hydrogen-bond donors (Lipinski definition) is 1. The minimum Gasteiger partial charge on any atom is -0.412 e. The Morgan fingerprint density at radius 1 is 1.10 bits per heavy atom. The molecule has 1 aromatic carbocycles. The first-order chi connectivity index (χ1) is 8.47. The van der Waals surface area contributed by atoms with E-state index in [9.17, 15) is 4.79 Å². The molecule has 0 aromatic heterocycles. The Bertz CT molecular complexity index is 409. The number of rotatable bonds is 5. The maximum atomic E-state index is 12.0. The summed E-state index contributed by atoms with van der Waals surface area (Å²) in [4.78, 5) is 14.1. The van der Waals surface area contributed by atoms with Gasteiger partial charge in [-0.1, -0.05) is 31.5 Å². The molecule has 0 radical (unpaired) electrons. The fourth-order valence-electron chi connectivity index (χ4n) is 2.21. The number of halogens is 1. The average molecular weight is 303 g/mol. The Balaban J connectivity index is 0. The largest absolute Gasteiger partial charge is 0.412 e. The van der Waals surface area contributed by atoms with E-state index in [-0.39, 0.29) is 23.8 Å². The SMILES string of the molecule is CCN(CC)CC(=O)Nc1c(C)cc(C)cc1C.Cl.O. The predicted molar refractivity (Wildman–Crippen MR) is 87.9 cm³/mol. The van der Waals surface area contributed by atoms with Gasteiger partial charge in [0.05, 0.1) is 6.54 Å². The van der Waals surface area contributed by atoms with Crippen molar-refractivity contribution >= 4 is 24.0 Å². The quantitative estimate of drug-likeness (QED) is 0.908. The van der Waals surface area contributed by atoms with E-state index < -0.39 is 0 Å². The van der Waals surface area contributed by atoms with Crippen LogP contribution in [0.4, 0.5) is 5.69 Å². The lowest BCUT2D eigenvalue weighted by Gasteiger charge is -2.19. The van der Waals surface area contributed by atoms with Crippen LogP contribution in [0.15, 0.2) is 12.1 Å². The molecule has 1 rings (SSSR count). The molecule has 0 aliphatic heterocycles. The number of carbonyl (C=O) groups excluding carboxylic acids is 1. The van der Waals surface area contributed by atoms with Crippen LogP contribution in [-0.2, 0) is 4.79 Å². The molecule has 116 valence electrons. The average Bonchev–Trinajstić information content (AvgIpc) is 2.30. The molecule has 0 bridgehead atoms. The number of nitrogens with one attached hydrogen (secondary N) is 1. The second-order valence-corrected chi connectivity index (χ2v) is 4.78. The van der Waals surface area contributed by atoms with Crippen molar-refractivity contribution in [1.29, 1.82) is 0 Å². The van der Waals surface area contributed by atoms with Gasteiger partial charge in [0, 0.05) is 5.69 Å². The lowest BCUT2D eigenvalue weighted by molar-refractivity contribution is -0.117. The first kappa shape index (κ1) is 21.2. The number of amides is 1. The molecule has 1 aromatic rings. The van der Waals surface area contributed by atoms with E-state index in [0.29, 0.717) is 6.54 Å². The predicted octanol–water partition coefficient (Wildman–Crippen LogP) is 2.49. The van der Waals surface area contributed by atoms with Gasteiger partial charge in [0.25, 0.3) is 0 Å². The smallest absolute Gasteiger partial charge is 0.238 e. The number of nitrogens with zero attached hydrogens (tertiary/aromatic N) is 1. The van der Waals surface area contributed by atoms with Crippen molar-refractivity contribution < 1.29 is 10.3 Å². The minimum atomic E-state index is 0. The molecule has 4 nitrogen and oxygen atoms in total. The molecule has 0 fully saturated rings. The second kappa shape index (κ2) is 9.75. The lowest BCUT2D eigenvalue weighted by Crippen LogP contribution is -2.33. The van der Waals surface area contributed by atoms with Gasteiger partial charge in [-0.2, -0.15) is 0 Å². The molecule has 0 aliphatic rings. The van der Waals surface area contributed by atoms with Gasteiger partial charge in [-0.25, -0.2) is 0 Å². The highest BCUT2D eigenvalue weighted by Crippen LogP contribution is 2.21. The molecule has 0 aliphatic carbocycles. The van der Waals surface area contributed by atoms with Crippen LogP contribution in [0.2, 0.25) is 0 Å².